The molecule has 19 heavy (non-hydrogen) atoms. The molecule has 1 heterocycles. The smallest absolute Gasteiger partial charge is 0.263 e. The van der Waals surface area contributed by atoms with Crippen molar-refractivity contribution < 1.29 is 8.78 Å². The molecule has 0 radical (unpaired) electrons. The van der Waals surface area contributed by atoms with Crippen molar-refractivity contribution >= 4 is 5.96 Å². The molecule has 0 saturated heterocycles. The SMILES string of the molecule is NC1=NCC(c2ccc(C(F)F)cc2)N1CC1CC1. The van der Waals surface area contributed by atoms with E-state index in [4.69, 9.17) is 5.73 Å². The minimum Gasteiger partial charge on any atom is -0.370 e. The molecule has 1 aromatic rings. The Kier molecular flexibility index (Phi) is 3.12. The average molecular weight is 265 g/mol. The normalized spacial score (nSPS) is 23.0. The number of nitrogens with zero attached hydrogens (tertiary/aromatic N) is 2. The number of hydrogen-bond donors (Lipinski definition) is 1. The number of halogens is 2. The number of hydrogen-bond acceptors (Lipinski definition) is 3. The van der Waals surface area contributed by atoms with Gasteiger partial charge in [-0.25, -0.2) is 8.78 Å². The van der Waals surface area contributed by atoms with Crippen molar-refractivity contribution in [3.05, 3.63) is 35.4 Å². The fraction of sp³-hybridized carbons (Fsp3) is 0.500. The maximum atomic E-state index is 12.5. The Balaban J connectivity index is 1.76. The Morgan fingerprint density at radius 2 is 1.95 bits per heavy atom. The van der Waals surface area contributed by atoms with Gasteiger partial charge in [-0.05, 0) is 24.3 Å². The maximum absolute atomic E-state index is 12.5. The van der Waals surface area contributed by atoms with Crippen LogP contribution in [0.25, 0.3) is 0 Å². The van der Waals surface area contributed by atoms with Gasteiger partial charge in [-0.15, -0.1) is 0 Å². The van der Waals surface area contributed by atoms with Gasteiger partial charge in [0.1, 0.15) is 0 Å². The van der Waals surface area contributed by atoms with Crippen molar-refractivity contribution in [3.63, 3.8) is 0 Å². The van der Waals surface area contributed by atoms with Crippen LogP contribution >= 0.6 is 0 Å². The summed E-state index contributed by atoms with van der Waals surface area (Å²) in [6, 6.07) is 6.61. The molecule has 0 bridgehead atoms. The second kappa shape index (κ2) is 4.79. The van der Waals surface area contributed by atoms with Gasteiger partial charge in [-0.1, -0.05) is 24.3 Å². The van der Waals surface area contributed by atoms with E-state index in [0.717, 1.165) is 18.0 Å². The molecule has 1 aliphatic carbocycles. The average Bonchev–Trinajstić information content (AvgIpc) is 3.15. The van der Waals surface area contributed by atoms with Crippen molar-refractivity contribution in [2.24, 2.45) is 16.6 Å². The molecule has 0 aromatic heterocycles. The first-order chi connectivity index (χ1) is 9.15. The fourth-order valence-electron chi connectivity index (χ4n) is 2.48. The first kappa shape index (κ1) is 12.4. The molecule has 1 unspecified atom stereocenters. The first-order valence-corrected chi connectivity index (χ1v) is 6.59. The Bertz CT molecular complexity index is 480. The summed E-state index contributed by atoms with van der Waals surface area (Å²) in [6.45, 7) is 1.54. The number of aliphatic imine (C=N–C) groups is 1. The summed E-state index contributed by atoms with van der Waals surface area (Å²) in [7, 11) is 0. The van der Waals surface area contributed by atoms with Gasteiger partial charge in [0, 0.05) is 12.1 Å². The zero-order valence-electron chi connectivity index (χ0n) is 10.6. The van der Waals surface area contributed by atoms with E-state index in [9.17, 15) is 8.78 Å². The fourth-order valence-corrected chi connectivity index (χ4v) is 2.48. The summed E-state index contributed by atoms with van der Waals surface area (Å²) in [4.78, 5) is 6.39. The molecular formula is C14H17F2N3. The van der Waals surface area contributed by atoms with E-state index >= 15 is 0 Å². The zero-order chi connectivity index (χ0) is 13.4. The Morgan fingerprint density at radius 1 is 1.26 bits per heavy atom. The lowest BCUT2D eigenvalue weighted by Crippen LogP contribution is -2.37. The van der Waals surface area contributed by atoms with E-state index in [1.54, 1.807) is 12.1 Å². The number of rotatable bonds is 4. The summed E-state index contributed by atoms with van der Waals surface area (Å²) in [5.41, 5.74) is 6.99. The van der Waals surface area contributed by atoms with Gasteiger partial charge in [0.15, 0.2) is 5.96 Å². The van der Waals surface area contributed by atoms with Gasteiger partial charge in [0.25, 0.3) is 6.43 Å². The van der Waals surface area contributed by atoms with Gasteiger partial charge in [0.2, 0.25) is 0 Å². The summed E-state index contributed by atoms with van der Waals surface area (Å²) >= 11 is 0. The molecule has 102 valence electrons. The van der Waals surface area contributed by atoms with E-state index in [0.29, 0.717) is 12.5 Å². The van der Waals surface area contributed by atoms with Crippen molar-refractivity contribution in [2.75, 3.05) is 13.1 Å². The highest BCUT2D eigenvalue weighted by molar-refractivity contribution is 5.80. The molecule has 0 spiro atoms. The van der Waals surface area contributed by atoms with Crippen LogP contribution in [0, 0.1) is 5.92 Å². The molecule has 3 rings (SSSR count). The summed E-state index contributed by atoms with van der Waals surface area (Å²) < 4.78 is 25.1. The number of nitrogens with two attached hydrogens (primary N) is 1. The van der Waals surface area contributed by atoms with Gasteiger partial charge in [0.05, 0.1) is 12.6 Å². The van der Waals surface area contributed by atoms with Gasteiger partial charge in [-0.3, -0.25) is 4.99 Å². The summed E-state index contributed by atoms with van der Waals surface area (Å²) in [6.07, 6.45) is 0.0864. The second-order valence-electron chi connectivity index (χ2n) is 5.28. The predicted molar refractivity (Wildman–Crippen MR) is 70.1 cm³/mol. The molecule has 3 nitrogen and oxygen atoms in total. The van der Waals surface area contributed by atoms with E-state index < -0.39 is 6.43 Å². The van der Waals surface area contributed by atoms with Crippen LogP contribution in [0.2, 0.25) is 0 Å². The lowest BCUT2D eigenvalue weighted by molar-refractivity contribution is 0.151. The van der Waals surface area contributed by atoms with Crippen molar-refractivity contribution in [3.8, 4) is 0 Å². The molecule has 1 aliphatic heterocycles. The molecular weight excluding hydrogens is 248 g/mol. The van der Waals surface area contributed by atoms with E-state index in [1.165, 1.54) is 25.0 Å². The molecule has 1 saturated carbocycles. The maximum Gasteiger partial charge on any atom is 0.263 e. The molecule has 1 atom stereocenters. The van der Waals surface area contributed by atoms with Gasteiger partial charge in [-0.2, -0.15) is 0 Å². The van der Waals surface area contributed by atoms with Crippen molar-refractivity contribution in [1.82, 2.24) is 4.90 Å². The molecule has 2 aliphatic rings. The van der Waals surface area contributed by atoms with E-state index in [2.05, 4.69) is 9.89 Å². The molecule has 1 aromatic carbocycles. The summed E-state index contributed by atoms with van der Waals surface area (Å²) in [5, 5.41) is 0. The second-order valence-corrected chi connectivity index (χ2v) is 5.28. The third kappa shape index (κ3) is 2.55. The van der Waals surface area contributed by atoms with E-state index in [1.807, 2.05) is 0 Å². The number of benzene rings is 1. The molecule has 5 heteroatoms. The Morgan fingerprint density at radius 3 is 2.53 bits per heavy atom. The number of guanidine groups is 1. The largest absolute Gasteiger partial charge is 0.370 e. The van der Waals surface area contributed by atoms with Crippen LogP contribution in [0.5, 0.6) is 0 Å². The Hall–Kier alpha value is -1.65. The quantitative estimate of drug-likeness (QED) is 0.909. The minimum atomic E-state index is -2.42. The summed E-state index contributed by atoms with van der Waals surface area (Å²) in [5.74, 6) is 1.30. The Labute approximate surface area is 111 Å². The topological polar surface area (TPSA) is 41.6 Å². The van der Waals surface area contributed by atoms with Crippen LogP contribution in [-0.4, -0.2) is 23.9 Å². The standard InChI is InChI=1S/C14H17F2N3/c15-13(16)11-5-3-10(4-6-11)12-7-18-14(17)19(12)8-9-1-2-9/h3-6,9,12-13H,1-2,7-8H2,(H2,17,18). The lowest BCUT2D eigenvalue weighted by Gasteiger charge is -2.26. The van der Waals surface area contributed by atoms with Crippen LogP contribution in [-0.2, 0) is 0 Å². The monoisotopic (exact) mass is 265 g/mol. The highest BCUT2D eigenvalue weighted by Gasteiger charge is 2.33. The van der Waals surface area contributed by atoms with Crippen LogP contribution in [0.3, 0.4) is 0 Å². The third-order valence-electron chi connectivity index (χ3n) is 3.82. The highest BCUT2D eigenvalue weighted by Crippen LogP contribution is 2.34. The predicted octanol–water partition coefficient (Wildman–Crippen LogP) is 2.71. The first-order valence-electron chi connectivity index (χ1n) is 6.59. The van der Waals surface area contributed by atoms with Crippen LogP contribution in [0.1, 0.15) is 36.4 Å². The number of alkyl halides is 2. The van der Waals surface area contributed by atoms with E-state index in [-0.39, 0.29) is 11.6 Å². The van der Waals surface area contributed by atoms with Crippen molar-refractivity contribution in [2.45, 2.75) is 25.3 Å². The minimum absolute atomic E-state index is 0.0596. The molecule has 1 fully saturated rings. The van der Waals surface area contributed by atoms with Crippen LogP contribution in [0.15, 0.2) is 29.3 Å². The molecule has 0 amide bonds. The third-order valence-corrected chi connectivity index (χ3v) is 3.82. The highest BCUT2D eigenvalue weighted by atomic mass is 19.3. The molecule has 2 N–H and O–H groups in total. The lowest BCUT2D eigenvalue weighted by atomic mass is 10.0. The zero-order valence-corrected chi connectivity index (χ0v) is 10.6. The van der Waals surface area contributed by atoms with Gasteiger partial charge >= 0.3 is 0 Å². The van der Waals surface area contributed by atoms with Crippen molar-refractivity contribution in [1.29, 1.82) is 0 Å². The van der Waals surface area contributed by atoms with Crippen LogP contribution in [0.4, 0.5) is 8.78 Å². The van der Waals surface area contributed by atoms with Crippen LogP contribution < -0.4 is 5.73 Å². The van der Waals surface area contributed by atoms with Gasteiger partial charge < -0.3 is 10.6 Å².